The zero-order valence-electron chi connectivity index (χ0n) is 25.8. The lowest BCUT2D eigenvalue weighted by Crippen LogP contribution is -2.38. The van der Waals surface area contributed by atoms with Gasteiger partial charge in [-0.15, -0.1) is 0 Å². The predicted octanol–water partition coefficient (Wildman–Crippen LogP) is 3.12. The lowest BCUT2D eigenvalue weighted by molar-refractivity contribution is -0.202. The van der Waals surface area contributed by atoms with Crippen LogP contribution in [0.1, 0.15) is 51.0 Å². The van der Waals surface area contributed by atoms with Crippen LogP contribution < -0.4 is 0 Å². The van der Waals surface area contributed by atoms with Crippen LogP contribution in [-0.4, -0.2) is 114 Å². The molecule has 10 atom stereocenters. The van der Waals surface area contributed by atoms with Gasteiger partial charge in [0.25, 0.3) is 10.1 Å². The number of thioether (sulfide) groups is 1. The molecule has 6 heterocycles. The van der Waals surface area contributed by atoms with Crippen molar-refractivity contribution in [2.24, 2.45) is 0 Å². The average molecular weight is 673 g/mol. The van der Waals surface area contributed by atoms with E-state index in [9.17, 15) is 13.2 Å². The molecule has 0 saturated carbocycles. The Bertz CT molecular complexity index is 1220. The smallest absolute Gasteiger partial charge is 0.297 e. The zero-order chi connectivity index (χ0) is 31.4. The van der Waals surface area contributed by atoms with Crippen LogP contribution in [0.3, 0.4) is 0 Å². The number of benzene rings is 1. The molecule has 6 fully saturated rings. The maximum Gasteiger partial charge on any atom is 0.297 e. The van der Waals surface area contributed by atoms with Gasteiger partial charge in [-0.05, 0) is 57.6 Å². The summed E-state index contributed by atoms with van der Waals surface area (Å²) in [5.74, 6) is 0. The third-order valence-corrected chi connectivity index (χ3v) is 11.1. The van der Waals surface area contributed by atoms with Gasteiger partial charge in [0.2, 0.25) is 0 Å². The van der Waals surface area contributed by atoms with Gasteiger partial charge in [0.05, 0.1) is 36.6 Å². The van der Waals surface area contributed by atoms with Crippen molar-refractivity contribution in [3.05, 3.63) is 29.8 Å². The van der Waals surface area contributed by atoms with Crippen molar-refractivity contribution in [2.75, 3.05) is 39.6 Å². The molecule has 2 unspecified atom stereocenters. The van der Waals surface area contributed by atoms with Gasteiger partial charge in [-0.1, -0.05) is 29.5 Å². The lowest BCUT2D eigenvalue weighted by Gasteiger charge is -2.27. The van der Waals surface area contributed by atoms with Crippen LogP contribution in [0.5, 0.6) is 0 Å². The molecule has 0 amide bonds. The summed E-state index contributed by atoms with van der Waals surface area (Å²) in [6.07, 6.45) is 3.96. The Kier molecular flexibility index (Phi) is 11.5. The molecular weight excluding hydrogens is 628 g/mol. The highest BCUT2D eigenvalue weighted by molar-refractivity contribution is 8.14. The molecule has 252 valence electrons. The molecule has 45 heavy (non-hydrogen) atoms. The number of fused-ring (bicyclic) bond motifs is 2. The third kappa shape index (κ3) is 8.47. The van der Waals surface area contributed by atoms with Gasteiger partial charge < -0.3 is 37.9 Å². The third-order valence-electron chi connectivity index (χ3n) is 8.73. The standard InChI is InChI=1S/C18H24O7S.C13H20O5S/c1-12-5-7-13(8-6-12)26(19,20)25-15-11-23-17-14(10-22-18(15)17)24-16-4-2-3-9-21-16;1-8(14)19-10-7-17-12-9(6-16-13(10)12)18-11-4-2-3-5-15-11/h5-8,14-18H,2-4,9-11H2,1H3;9-13H,2-7H2,1H3/t14-,15-,16?,17+,18+;9-,10+,11?,12+,13+/m00/s1. The monoisotopic (exact) mass is 672 g/mol. The number of hydrogen-bond donors (Lipinski definition) is 0. The van der Waals surface area contributed by atoms with Crippen molar-refractivity contribution in [1.82, 2.24) is 0 Å². The van der Waals surface area contributed by atoms with E-state index in [2.05, 4.69) is 0 Å². The Hall–Kier alpha value is -1.17. The highest BCUT2D eigenvalue weighted by Gasteiger charge is 2.51. The van der Waals surface area contributed by atoms with Gasteiger partial charge >= 0.3 is 0 Å². The largest absolute Gasteiger partial charge is 0.371 e. The first-order valence-corrected chi connectivity index (χ1v) is 18.2. The average Bonchev–Trinajstić information content (AvgIpc) is 3.81. The Labute approximate surface area is 269 Å². The molecule has 14 heteroatoms. The molecule has 0 N–H and O–H groups in total. The molecule has 7 rings (SSSR count). The minimum atomic E-state index is -3.87. The summed E-state index contributed by atoms with van der Waals surface area (Å²) in [4.78, 5) is 11.3. The predicted molar refractivity (Wildman–Crippen MR) is 161 cm³/mol. The summed E-state index contributed by atoms with van der Waals surface area (Å²) in [5, 5.41) is 0.209. The van der Waals surface area contributed by atoms with Gasteiger partial charge in [-0.3, -0.25) is 8.98 Å². The molecule has 12 nitrogen and oxygen atoms in total. The maximum atomic E-state index is 12.5. The highest BCUT2D eigenvalue weighted by Crippen LogP contribution is 2.37. The Morgan fingerprint density at radius 3 is 1.78 bits per heavy atom. The molecule has 0 radical (unpaired) electrons. The van der Waals surface area contributed by atoms with Crippen molar-refractivity contribution < 1.29 is 55.3 Å². The van der Waals surface area contributed by atoms with Crippen molar-refractivity contribution in [3.63, 3.8) is 0 Å². The van der Waals surface area contributed by atoms with E-state index in [0.29, 0.717) is 26.4 Å². The second-order valence-electron chi connectivity index (χ2n) is 12.2. The van der Waals surface area contributed by atoms with E-state index in [1.165, 1.54) is 11.8 Å². The summed E-state index contributed by atoms with van der Waals surface area (Å²) in [7, 11) is -3.87. The number of aryl methyl sites for hydroxylation is 1. The van der Waals surface area contributed by atoms with Crippen LogP contribution in [-0.2, 0) is 57.0 Å². The van der Waals surface area contributed by atoms with Crippen LogP contribution in [0.25, 0.3) is 0 Å². The van der Waals surface area contributed by atoms with Crippen LogP contribution >= 0.6 is 11.8 Å². The van der Waals surface area contributed by atoms with E-state index >= 15 is 0 Å². The van der Waals surface area contributed by atoms with Gasteiger partial charge in [-0.25, -0.2) is 0 Å². The van der Waals surface area contributed by atoms with Crippen LogP contribution in [0.2, 0.25) is 0 Å². The van der Waals surface area contributed by atoms with Crippen LogP contribution in [0.4, 0.5) is 0 Å². The first-order chi connectivity index (χ1) is 21.8. The lowest BCUT2D eigenvalue weighted by atomic mass is 10.1. The molecule has 6 aliphatic heterocycles. The Morgan fingerprint density at radius 2 is 1.22 bits per heavy atom. The Balaban J connectivity index is 0.000000167. The summed E-state index contributed by atoms with van der Waals surface area (Å²) < 4.78 is 76.6. The van der Waals surface area contributed by atoms with Gasteiger partial charge in [0.15, 0.2) is 17.7 Å². The van der Waals surface area contributed by atoms with Crippen molar-refractivity contribution in [1.29, 1.82) is 0 Å². The SMILES string of the molecule is CC(=O)S[C@@H]1CO[C@H]2[C@@H]1OC[C@@H]2OC1CCCCO1.Cc1ccc(S(=O)(=O)O[C@H]2CO[C@H]3[C@@H]2OC[C@@H]3OC2CCCCO2)cc1. The van der Waals surface area contributed by atoms with Gasteiger partial charge in [-0.2, -0.15) is 8.42 Å². The second-order valence-corrected chi connectivity index (χ2v) is 15.2. The van der Waals surface area contributed by atoms with E-state index < -0.39 is 22.3 Å². The number of rotatable bonds is 8. The topological polar surface area (TPSA) is 134 Å². The first-order valence-electron chi connectivity index (χ1n) is 15.9. The molecule has 6 saturated heterocycles. The van der Waals surface area contributed by atoms with Crippen molar-refractivity contribution in [2.45, 2.75) is 118 Å². The molecule has 0 spiro atoms. The fourth-order valence-corrected chi connectivity index (χ4v) is 8.45. The van der Waals surface area contributed by atoms with Crippen LogP contribution in [0.15, 0.2) is 29.2 Å². The highest BCUT2D eigenvalue weighted by atomic mass is 32.2. The van der Waals surface area contributed by atoms with Gasteiger partial charge in [0, 0.05) is 20.1 Å². The van der Waals surface area contributed by atoms with E-state index in [1.807, 2.05) is 6.92 Å². The van der Waals surface area contributed by atoms with E-state index in [4.69, 9.17) is 42.1 Å². The second kappa shape index (κ2) is 15.4. The minimum Gasteiger partial charge on any atom is -0.371 e. The van der Waals surface area contributed by atoms with E-state index in [-0.39, 0.29) is 65.0 Å². The molecular formula is C31H44O12S2. The maximum absolute atomic E-state index is 12.5. The molecule has 1 aromatic carbocycles. The molecule has 6 aliphatic rings. The zero-order valence-corrected chi connectivity index (χ0v) is 27.4. The minimum absolute atomic E-state index is 0.0255. The summed E-state index contributed by atoms with van der Waals surface area (Å²) in [6, 6.07) is 6.56. The van der Waals surface area contributed by atoms with Crippen molar-refractivity contribution in [3.8, 4) is 0 Å². The first kappa shape index (κ1) is 33.7. The number of carbonyl (C=O) groups excluding carboxylic acids is 1. The fourth-order valence-electron chi connectivity index (χ4n) is 6.44. The van der Waals surface area contributed by atoms with Gasteiger partial charge in [0.1, 0.15) is 42.7 Å². The molecule has 1 aromatic rings. The number of hydrogen-bond acceptors (Lipinski definition) is 13. The van der Waals surface area contributed by atoms with Crippen molar-refractivity contribution >= 4 is 27.0 Å². The summed E-state index contributed by atoms with van der Waals surface area (Å²) >= 11 is 1.31. The Morgan fingerprint density at radius 1 is 0.711 bits per heavy atom. The molecule has 0 bridgehead atoms. The van der Waals surface area contributed by atoms with E-state index in [1.54, 1.807) is 31.2 Å². The van der Waals surface area contributed by atoms with Crippen LogP contribution in [0, 0.1) is 6.92 Å². The summed E-state index contributed by atoms with van der Waals surface area (Å²) in [6.45, 7) is 6.55. The molecule has 0 aliphatic carbocycles. The quantitative estimate of drug-likeness (QED) is 0.375. The number of carbonyl (C=O) groups is 1. The number of ether oxygens (including phenoxy) is 8. The normalized spacial score (nSPS) is 37.9. The summed E-state index contributed by atoms with van der Waals surface area (Å²) in [5.41, 5.74) is 0.984. The van der Waals surface area contributed by atoms with E-state index in [0.717, 1.165) is 50.7 Å². The fraction of sp³-hybridized carbons (Fsp3) is 0.774. The molecule has 0 aromatic heterocycles.